The Hall–Kier alpha value is -3.35. The minimum absolute atomic E-state index is 0.126. The van der Waals surface area contributed by atoms with Gasteiger partial charge in [0.05, 0.1) is 4.47 Å². The van der Waals surface area contributed by atoms with E-state index in [9.17, 15) is 14.0 Å². The lowest BCUT2D eigenvalue weighted by Crippen LogP contribution is -2.68. The molecule has 4 rings (SSSR count). The van der Waals surface area contributed by atoms with Gasteiger partial charge in [0.25, 0.3) is 0 Å². The van der Waals surface area contributed by atoms with E-state index in [-0.39, 0.29) is 20.6 Å². The van der Waals surface area contributed by atoms with Crippen molar-refractivity contribution in [3.63, 3.8) is 0 Å². The van der Waals surface area contributed by atoms with E-state index in [1.54, 1.807) is 24.3 Å². The van der Waals surface area contributed by atoms with E-state index in [0.717, 1.165) is 16.4 Å². The summed E-state index contributed by atoms with van der Waals surface area (Å²) in [5.41, 5.74) is 0.371. The molecule has 0 radical (unpaired) electrons. The second kappa shape index (κ2) is 10.3. The highest BCUT2D eigenvalue weighted by Gasteiger charge is 2.52. The van der Waals surface area contributed by atoms with Crippen molar-refractivity contribution < 1.29 is 18.4 Å². The Bertz CT molecular complexity index is 1340. The van der Waals surface area contributed by atoms with Gasteiger partial charge in [-0.05, 0) is 73.8 Å². The molecule has 0 spiro atoms. The van der Waals surface area contributed by atoms with Crippen LogP contribution in [-0.4, -0.2) is 19.9 Å². The molecule has 0 amide bonds. The van der Waals surface area contributed by atoms with Gasteiger partial charge in [-0.15, -0.1) is 0 Å². The summed E-state index contributed by atoms with van der Waals surface area (Å²) in [6, 6.07) is 31.0. The predicted octanol–water partition coefficient (Wildman–Crippen LogP) is 6.59. The van der Waals surface area contributed by atoms with E-state index in [4.69, 9.17) is 4.43 Å². The Kier molecular flexibility index (Phi) is 7.38. The summed E-state index contributed by atoms with van der Waals surface area (Å²) < 4.78 is 20.6. The number of Topliss-reactive ketones (excluding diaryl/α,β-unsaturated/α-hetero) is 2. The van der Waals surface area contributed by atoms with Gasteiger partial charge >= 0.3 is 8.32 Å². The summed E-state index contributed by atoms with van der Waals surface area (Å²) in [5, 5.41) is 2.07. The van der Waals surface area contributed by atoms with Crippen LogP contribution < -0.4 is 14.8 Å². The van der Waals surface area contributed by atoms with Gasteiger partial charge in [-0.1, -0.05) is 81.4 Å². The number of carbonyl (C=O) groups excluding carboxylic acids is 2. The van der Waals surface area contributed by atoms with Crippen LogP contribution in [0.25, 0.3) is 0 Å². The zero-order valence-electron chi connectivity index (χ0n) is 20.3. The molecule has 0 aliphatic heterocycles. The highest BCUT2D eigenvalue weighted by molar-refractivity contribution is 9.10. The predicted molar refractivity (Wildman–Crippen MR) is 147 cm³/mol. The first-order chi connectivity index (χ1) is 17.1. The number of hydrogen-bond donors (Lipinski definition) is 0. The van der Waals surface area contributed by atoms with Crippen molar-refractivity contribution in [2.75, 3.05) is 0 Å². The van der Waals surface area contributed by atoms with Crippen molar-refractivity contribution in [3.05, 3.63) is 125 Å². The molecule has 182 valence electrons. The van der Waals surface area contributed by atoms with Gasteiger partial charge in [0, 0.05) is 11.1 Å². The molecule has 36 heavy (non-hydrogen) atoms. The van der Waals surface area contributed by atoms with Gasteiger partial charge in [-0.25, -0.2) is 4.39 Å². The third-order valence-electron chi connectivity index (χ3n) is 6.19. The van der Waals surface area contributed by atoms with Crippen LogP contribution in [0.15, 0.2) is 108 Å². The first-order valence-electron chi connectivity index (χ1n) is 11.6. The van der Waals surface area contributed by atoms with Crippen molar-refractivity contribution in [3.8, 4) is 5.75 Å². The second-order valence-corrected chi connectivity index (χ2v) is 14.7. The van der Waals surface area contributed by atoms with E-state index in [2.05, 4.69) is 61.0 Å². The number of ketones is 2. The molecule has 0 saturated heterocycles. The van der Waals surface area contributed by atoms with E-state index >= 15 is 0 Å². The molecule has 0 aromatic heterocycles. The lowest BCUT2D eigenvalue weighted by Gasteiger charge is -2.43. The standard InChI is InChI=1S/C30H26BrFO3Si/c1-30(2,3)36(24-10-6-4-7-11-24,25-12-8-5-9-13-25)35-23-17-14-21(15-18-23)28(33)29(34)22-16-19-27(32)26(31)20-22/h4-20H,1-3H3. The maximum atomic E-state index is 13.5. The monoisotopic (exact) mass is 560 g/mol. The van der Waals surface area contributed by atoms with E-state index in [0.29, 0.717) is 5.75 Å². The maximum Gasteiger partial charge on any atom is 0.319 e. The Morgan fingerprint density at radius 2 is 1.19 bits per heavy atom. The molecule has 6 heteroatoms. The van der Waals surface area contributed by atoms with Gasteiger partial charge in [0.15, 0.2) is 0 Å². The molecule has 0 bridgehead atoms. The van der Waals surface area contributed by atoms with Gasteiger partial charge in [-0.3, -0.25) is 9.59 Å². The molecular formula is C30H26BrFO3Si. The Morgan fingerprint density at radius 1 is 0.722 bits per heavy atom. The first kappa shape index (κ1) is 25.7. The average molecular weight is 562 g/mol. The highest BCUT2D eigenvalue weighted by atomic mass is 79.9. The Labute approximate surface area is 220 Å². The fraction of sp³-hybridized carbons (Fsp3) is 0.133. The van der Waals surface area contributed by atoms with Crippen molar-refractivity contribution >= 4 is 46.2 Å². The van der Waals surface area contributed by atoms with Crippen molar-refractivity contribution in [1.29, 1.82) is 0 Å². The molecule has 4 aromatic carbocycles. The normalized spacial score (nSPS) is 11.7. The van der Waals surface area contributed by atoms with Crippen molar-refractivity contribution in [2.45, 2.75) is 25.8 Å². The fourth-order valence-corrected chi connectivity index (χ4v) is 9.20. The SMILES string of the molecule is CC(C)(C)[Si](Oc1ccc(C(=O)C(=O)c2ccc(F)c(Br)c2)cc1)(c1ccccc1)c1ccccc1. The topological polar surface area (TPSA) is 43.4 Å². The third-order valence-corrected chi connectivity index (χ3v) is 11.7. The van der Waals surface area contributed by atoms with Gasteiger partial charge in [0.1, 0.15) is 11.6 Å². The molecule has 0 heterocycles. The maximum absolute atomic E-state index is 13.5. The van der Waals surface area contributed by atoms with Crippen LogP contribution in [0.5, 0.6) is 5.75 Å². The largest absolute Gasteiger partial charge is 0.534 e. The van der Waals surface area contributed by atoms with Crippen LogP contribution in [0.4, 0.5) is 4.39 Å². The van der Waals surface area contributed by atoms with Crippen LogP contribution in [0.2, 0.25) is 5.04 Å². The van der Waals surface area contributed by atoms with Crippen LogP contribution in [-0.2, 0) is 0 Å². The number of carbonyl (C=O) groups is 2. The van der Waals surface area contributed by atoms with Crippen LogP contribution in [0, 0.1) is 5.82 Å². The van der Waals surface area contributed by atoms with Crippen molar-refractivity contribution in [2.24, 2.45) is 0 Å². The molecular weight excluding hydrogens is 535 g/mol. The number of hydrogen-bond acceptors (Lipinski definition) is 3. The number of benzene rings is 4. The third kappa shape index (κ3) is 4.97. The average Bonchev–Trinajstić information content (AvgIpc) is 2.88. The van der Waals surface area contributed by atoms with E-state index in [1.807, 2.05) is 36.4 Å². The first-order valence-corrected chi connectivity index (χ1v) is 14.3. The minimum atomic E-state index is -2.81. The molecule has 3 nitrogen and oxygen atoms in total. The molecule has 4 aromatic rings. The molecule has 0 saturated carbocycles. The summed E-state index contributed by atoms with van der Waals surface area (Å²) in [5.74, 6) is -1.23. The molecule has 0 N–H and O–H groups in total. The molecule has 0 unspecified atom stereocenters. The van der Waals surface area contributed by atoms with E-state index < -0.39 is 25.7 Å². The van der Waals surface area contributed by atoms with Gasteiger partial charge in [-0.2, -0.15) is 0 Å². The zero-order valence-corrected chi connectivity index (χ0v) is 22.9. The summed E-state index contributed by atoms with van der Waals surface area (Å²) >= 11 is 3.06. The summed E-state index contributed by atoms with van der Waals surface area (Å²) in [4.78, 5) is 25.6. The smallest absolute Gasteiger partial charge is 0.319 e. The molecule has 0 atom stereocenters. The van der Waals surface area contributed by atoms with Crippen molar-refractivity contribution in [1.82, 2.24) is 0 Å². The lowest BCUT2D eigenvalue weighted by atomic mass is 10.0. The Balaban J connectivity index is 1.70. The number of halogens is 2. The Morgan fingerprint density at radius 3 is 1.67 bits per heavy atom. The quantitative estimate of drug-likeness (QED) is 0.145. The summed E-state index contributed by atoms with van der Waals surface area (Å²) in [6.45, 7) is 6.57. The van der Waals surface area contributed by atoms with Crippen LogP contribution in [0.3, 0.4) is 0 Å². The lowest BCUT2D eigenvalue weighted by molar-refractivity contribution is 0.0817. The highest BCUT2D eigenvalue weighted by Crippen LogP contribution is 2.37. The second-order valence-electron chi connectivity index (χ2n) is 9.58. The fourth-order valence-electron chi connectivity index (χ4n) is 4.40. The molecule has 0 aliphatic rings. The van der Waals surface area contributed by atoms with Crippen LogP contribution in [0.1, 0.15) is 41.5 Å². The number of rotatable bonds is 7. The summed E-state index contributed by atoms with van der Waals surface area (Å²) in [6.07, 6.45) is 0. The van der Waals surface area contributed by atoms with Crippen LogP contribution >= 0.6 is 15.9 Å². The minimum Gasteiger partial charge on any atom is -0.534 e. The van der Waals surface area contributed by atoms with Gasteiger partial charge in [0.2, 0.25) is 11.6 Å². The molecule has 0 fully saturated rings. The van der Waals surface area contributed by atoms with E-state index in [1.165, 1.54) is 12.1 Å². The zero-order chi connectivity index (χ0) is 25.9. The van der Waals surface area contributed by atoms with Gasteiger partial charge < -0.3 is 4.43 Å². The summed E-state index contributed by atoms with van der Waals surface area (Å²) in [7, 11) is -2.81. The molecule has 0 aliphatic carbocycles.